The van der Waals surface area contributed by atoms with Gasteiger partial charge in [0.05, 0.1) is 0 Å². The molecule has 0 unspecified atom stereocenters. The van der Waals surface area contributed by atoms with E-state index in [2.05, 4.69) is 46.4 Å². The average Bonchev–Trinajstić information content (AvgIpc) is 2.73. The highest BCUT2D eigenvalue weighted by Gasteiger charge is 2.16. The molecule has 4 nitrogen and oxygen atoms in total. The van der Waals surface area contributed by atoms with Crippen molar-refractivity contribution in [1.29, 1.82) is 0 Å². The lowest BCUT2D eigenvalue weighted by atomic mass is 10.1. The van der Waals surface area contributed by atoms with E-state index < -0.39 is 0 Å². The second kappa shape index (κ2) is 6.41. The van der Waals surface area contributed by atoms with Gasteiger partial charge in [-0.25, -0.2) is 4.98 Å². The van der Waals surface area contributed by atoms with Gasteiger partial charge in [-0.05, 0) is 38.0 Å². The SMILES string of the molecule is CNCc1cnc(N2CCCN(C)CC2)c2ccccc12. The number of fused-ring (bicyclic) bond motifs is 1. The molecular formula is C17H24N4. The Hall–Kier alpha value is -1.65. The molecule has 3 rings (SSSR count). The van der Waals surface area contributed by atoms with Gasteiger partial charge in [0.1, 0.15) is 5.82 Å². The molecule has 1 aliphatic rings. The molecule has 0 aliphatic carbocycles. The third-order valence-electron chi connectivity index (χ3n) is 4.24. The zero-order valence-corrected chi connectivity index (χ0v) is 13.0. The van der Waals surface area contributed by atoms with E-state index in [9.17, 15) is 0 Å². The van der Waals surface area contributed by atoms with Crippen LogP contribution in [0.15, 0.2) is 30.5 Å². The third kappa shape index (κ3) is 3.01. The average molecular weight is 284 g/mol. The number of aromatic nitrogens is 1. The molecule has 21 heavy (non-hydrogen) atoms. The van der Waals surface area contributed by atoms with Crippen LogP contribution < -0.4 is 10.2 Å². The Balaban J connectivity index is 2.00. The molecule has 0 amide bonds. The van der Waals surface area contributed by atoms with Crippen LogP contribution in [-0.2, 0) is 6.54 Å². The molecule has 1 aromatic carbocycles. The standard InChI is InChI=1S/C17H24N4/c1-18-12-14-13-19-17(16-7-4-3-6-15(14)16)21-9-5-8-20(2)10-11-21/h3-4,6-7,13,18H,5,8-12H2,1-2H3. The van der Waals surface area contributed by atoms with Crippen molar-refractivity contribution in [2.75, 3.05) is 45.2 Å². The fourth-order valence-electron chi connectivity index (χ4n) is 3.08. The smallest absolute Gasteiger partial charge is 0.136 e. The van der Waals surface area contributed by atoms with Crippen LogP contribution in [0.5, 0.6) is 0 Å². The van der Waals surface area contributed by atoms with Crippen LogP contribution in [0.2, 0.25) is 0 Å². The lowest BCUT2D eigenvalue weighted by molar-refractivity contribution is 0.360. The number of rotatable bonds is 3. The van der Waals surface area contributed by atoms with Crippen LogP contribution in [-0.4, -0.2) is 50.2 Å². The summed E-state index contributed by atoms with van der Waals surface area (Å²) >= 11 is 0. The van der Waals surface area contributed by atoms with E-state index in [0.717, 1.165) is 32.0 Å². The van der Waals surface area contributed by atoms with Crippen molar-refractivity contribution in [1.82, 2.24) is 15.2 Å². The second-order valence-corrected chi connectivity index (χ2v) is 5.83. The maximum absolute atomic E-state index is 4.78. The number of nitrogens with zero attached hydrogens (tertiary/aromatic N) is 3. The molecule has 0 spiro atoms. The molecule has 0 radical (unpaired) electrons. The quantitative estimate of drug-likeness (QED) is 0.935. The molecule has 1 fully saturated rings. The minimum atomic E-state index is 0.858. The number of hydrogen-bond donors (Lipinski definition) is 1. The summed E-state index contributed by atoms with van der Waals surface area (Å²) in [7, 11) is 4.18. The van der Waals surface area contributed by atoms with Crippen molar-refractivity contribution in [2.45, 2.75) is 13.0 Å². The first-order valence-electron chi connectivity index (χ1n) is 7.74. The molecule has 112 valence electrons. The van der Waals surface area contributed by atoms with Gasteiger partial charge in [0, 0.05) is 37.8 Å². The first-order chi connectivity index (χ1) is 10.3. The summed E-state index contributed by atoms with van der Waals surface area (Å²) in [6, 6.07) is 8.63. The summed E-state index contributed by atoms with van der Waals surface area (Å²) in [4.78, 5) is 9.62. The number of pyridine rings is 1. The van der Waals surface area contributed by atoms with E-state index in [1.54, 1.807) is 0 Å². The Morgan fingerprint density at radius 2 is 1.90 bits per heavy atom. The molecule has 0 saturated carbocycles. The van der Waals surface area contributed by atoms with E-state index in [4.69, 9.17) is 4.98 Å². The van der Waals surface area contributed by atoms with Crippen LogP contribution in [0.25, 0.3) is 10.8 Å². The van der Waals surface area contributed by atoms with Crippen molar-refractivity contribution in [3.63, 3.8) is 0 Å². The normalized spacial score (nSPS) is 17.1. The molecule has 1 saturated heterocycles. The van der Waals surface area contributed by atoms with Crippen LogP contribution in [0.1, 0.15) is 12.0 Å². The van der Waals surface area contributed by atoms with Gasteiger partial charge in [-0.2, -0.15) is 0 Å². The maximum atomic E-state index is 4.78. The van der Waals surface area contributed by atoms with Gasteiger partial charge in [-0.15, -0.1) is 0 Å². The van der Waals surface area contributed by atoms with E-state index in [1.807, 2.05) is 13.2 Å². The molecule has 2 aromatic rings. The van der Waals surface area contributed by atoms with Gasteiger partial charge < -0.3 is 15.1 Å². The highest BCUT2D eigenvalue weighted by Crippen LogP contribution is 2.27. The minimum Gasteiger partial charge on any atom is -0.355 e. The zero-order valence-electron chi connectivity index (χ0n) is 13.0. The van der Waals surface area contributed by atoms with Gasteiger partial charge in [-0.1, -0.05) is 24.3 Å². The highest BCUT2D eigenvalue weighted by atomic mass is 15.2. The highest BCUT2D eigenvalue weighted by molar-refractivity contribution is 5.94. The lowest BCUT2D eigenvalue weighted by Gasteiger charge is -2.24. The number of anilines is 1. The second-order valence-electron chi connectivity index (χ2n) is 5.83. The maximum Gasteiger partial charge on any atom is 0.136 e. The van der Waals surface area contributed by atoms with Gasteiger partial charge in [0.25, 0.3) is 0 Å². The van der Waals surface area contributed by atoms with E-state index in [1.165, 1.54) is 29.3 Å². The monoisotopic (exact) mass is 284 g/mol. The molecule has 1 aliphatic heterocycles. The molecule has 1 aromatic heterocycles. The fourth-order valence-corrected chi connectivity index (χ4v) is 3.08. The predicted molar refractivity (Wildman–Crippen MR) is 88.8 cm³/mol. The summed E-state index contributed by atoms with van der Waals surface area (Å²) in [5.41, 5.74) is 1.27. The molecular weight excluding hydrogens is 260 g/mol. The Morgan fingerprint density at radius 3 is 2.71 bits per heavy atom. The van der Waals surface area contributed by atoms with Gasteiger partial charge >= 0.3 is 0 Å². The van der Waals surface area contributed by atoms with Crippen LogP contribution >= 0.6 is 0 Å². The number of likely N-dealkylation sites (N-methyl/N-ethyl adjacent to an activating group) is 1. The van der Waals surface area contributed by atoms with Gasteiger partial charge in [0.2, 0.25) is 0 Å². The summed E-state index contributed by atoms with van der Waals surface area (Å²) in [6.45, 7) is 5.28. The zero-order chi connectivity index (χ0) is 14.7. The van der Waals surface area contributed by atoms with Gasteiger partial charge in [-0.3, -0.25) is 0 Å². The van der Waals surface area contributed by atoms with E-state index in [-0.39, 0.29) is 0 Å². The van der Waals surface area contributed by atoms with Crippen LogP contribution in [0.3, 0.4) is 0 Å². The summed E-state index contributed by atoms with van der Waals surface area (Å²) in [5, 5.41) is 5.82. The molecule has 4 heteroatoms. The Labute approximate surface area is 126 Å². The Morgan fingerprint density at radius 1 is 1.10 bits per heavy atom. The number of nitrogens with one attached hydrogen (secondary N) is 1. The van der Waals surface area contributed by atoms with Crippen molar-refractivity contribution in [3.05, 3.63) is 36.0 Å². The van der Waals surface area contributed by atoms with Crippen molar-refractivity contribution in [2.24, 2.45) is 0 Å². The van der Waals surface area contributed by atoms with Crippen LogP contribution in [0, 0.1) is 0 Å². The third-order valence-corrected chi connectivity index (χ3v) is 4.24. The Bertz CT molecular complexity index is 611. The van der Waals surface area contributed by atoms with E-state index in [0.29, 0.717) is 0 Å². The largest absolute Gasteiger partial charge is 0.355 e. The summed E-state index contributed by atoms with van der Waals surface area (Å²) in [6.07, 6.45) is 3.23. The molecule has 0 bridgehead atoms. The summed E-state index contributed by atoms with van der Waals surface area (Å²) < 4.78 is 0. The lowest BCUT2D eigenvalue weighted by Crippen LogP contribution is -2.29. The number of benzene rings is 1. The molecule has 1 N–H and O–H groups in total. The van der Waals surface area contributed by atoms with E-state index >= 15 is 0 Å². The van der Waals surface area contributed by atoms with Crippen molar-refractivity contribution >= 4 is 16.6 Å². The molecule has 0 atom stereocenters. The Kier molecular flexibility index (Phi) is 4.36. The first kappa shape index (κ1) is 14.3. The summed E-state index contributed by atoms with van der Waals surface area (Å²) in [5.74, 6) is 1.14. The molecule has 2 heterocycles. The first-order valence-corrected chi connectivity index (χ1v) is 7.74. The predicted octanol–water partition coefficient (Wildman–Crippen LogP) is 2.10. The van der Waals surface area contributed by atoms with Crippen LogP contribution in [0.4, 0.5) is 5.82 Å². The van der Waals surface area contributed by atoms with Crippen molar-refractivity contribution < 1.29 is 0 Å². The van der Waals surface area contributed by atoms with Crippen molar-refractivity contribution in [3.8, 4) is 0 Å². The minimum absolute atomic E-state index is 0.858. The number of hydrogen-bond acceptors (Lipinski definition) is 4. The van der Waals surface area contributed by atoms with Gasteiger partial charge in [0.15, 0.2) is 0 Å². The fraction of sp³-hybridized carbons (Fsp3) is 0.471. The topological polar surface area (TPSA) is 31.4 Å².